The lowest BCUT2D eigenvalue weighted by Gasteiger charge is -2.14. The van der Waals surface area contributed by atoms with Gasteiger partial charge in [-0.2, -0.15) is 0 Å². The summed E-state index contributed by atoms with van der Waals surface area (Å²) in [6.07, 6.45) is 1.77. The van der Waals surface area contributed by atoms with Crippen molar-refractivity contribution in [1.82, 2.24) is 9.97 Å². The van der Waals surface area contributed by atoms with Crippen molar-refractivity contribution in [3.63, 3.8) is 0 Å². The van der Waals surface area contributed by atoms with Gasteiger partial charge >= 0.3 is 0 Å². The van der Waals surface area contributed by atoms with E-state index in [0.717, 1.165) is 46.2 Å². The number of aromatic nitrogens is 2. The van der Waals surface area contributed by atoms with Gasteiger partial charge in [0.05, 0.1) is 17.1 Å². The smallest absolute Gasteiger partial charge is 0.234 e. The highest BCUT2D eigenvalue weighted by Crippen LogP contribution is 2.32. The van der Waals surface area contributed by atoms with Crippen LogP contribution in [0.25, 0.3) is 22.5 Å². The Kier molecular flexibility index (Phi) is 7.07. The summed E-state index contributed by atoms with van der Waals surface area (Å²) in [7, 11) is 0. The van der Waals surface area contributed by atoms with E-state index in [-0.39, 0.29) is 11.7 Å². The largest absolute Gasteiger partial charge is 0.332 e. The van der Waals surface area contributed by atoms with Crippen molar-refractivity contribution in [2.75, 3.05) is 11.1 Å². The lowest BCUT2D eigenvalue weighted by molar-refractivity contribution is -0.113. The first-order valence-electron chi connectivity index (χ1n) is 10.9. The van der Waals surface area contributed by atoms with Crippen LogP contribution >= 0.6 is 11.8 Å². The molecular formula is C27H27N3OS. The zero-order valence-electron chi connectivity index (χ0n) is 18.4. The predicted octanol–water partition coefficient (Wildman–Crippen LogP) is 6.60. The molecule has 0 aliphatic carbocycles. The van der Waals surface area contributed by atoms with Crippen LogP contribution in [0.3, 0.4) is 0 Å². The summed E-state index contributed by atoms with van der Waals surface area (Å²) in [5.74, 6) is 0.265. The third-order valence-corrected chi connectivity index (χ3v) is 6.27. The lowest BCUT2D eigenvalue weighted by atomic mass is 10.0. The zero-order chi connectivity index (χ0) is 22.3. The highest BCUT2D eigenvalue weighted by molar-refractivity contribution is 7.99. The molecule has 5 heteroatoms. The Labute approximate surface area is 193 Å². The highest BCUT2D eigenvalue weighted by atomic mass is 32.2. The standard InChI is InChI=1S/C27H27N3OS/c1-3-19-16-11-17-20(4-2)24(19)28-23(31)18-32-27-29-25(21-12-7-5-8-13-21)26(30-27)22-14-9-6-10-15-22/h5-17H,3-4,18H2,1-2H3,(H,28,31)(H,29,30). The summed E-state index contributed by atoms with van der Waals surface area (Å²) in [6, 6.07) is 26.5. The molecule has 2 N–H and O–H groups in total. The number of nitrogens with one attached hydrogen (secondary N) is 2. The Hall–Kier alpha value is -3.31. The second-order valence-corrected chi connectivity index (χ2v) is 8.46. The zero-order valence-corrected chi connectivity index (χ0v) is 19.2. The van der Waals surface area contributed by atoms with E-state index in [0.29, 0.717) is 0 Å². The first-order chi connectivity index (χ1) is 15.7. The molecule has 1 heterocycles. The fourth-order valence-corrected chi connectivity index (χ4v) is 4.42. The number of aromatic amines is 1. The number of thioether (sulfide) groups is 1. The molecule has 3 aromatic carbocycles. The van der Waals surface area contributed by atoms with Crippen LogP contribution < -0.4 is 5.32 Å². The summed E-state index contributed by atoms with van der Waals surface area (Å²) in [4.78, 5) is 21.0. The summed E-state index contributed by atoms with van der Waals surface area (Å²) in [5.41, 5.74) is 7.26. The summed E-state index contributed by atoms with van der Waals surface area (Å²) in [6.45, 7) is 4.22. The number of anilines is 1. The van der Waals surface area contributed by atoms with Crippen LogP contribution in [0, 0.1) is 0 Å². The van der Waals surface area contributed by atoms with Crippen molar-refractivity contribution in [3.05, 3.63) is 90.0 Å². The second-order valence-electron chi connectivity index (χ2n) is 7.49. The minimum absolute atomic E-state index is 0.0236. The van der Waals surface area contributed by atoms with E-state index >= 15 is 0 Å². The maximum Gasteiger partial charge on any atom is 0.234 e. The normalized spacial score (nSPS) is 10.8. The van der Waals surface area contributed by atoms with Gasteiger partial charge in [0.2, 0.25) is 5.91 Å². The molecule has 4 aromatic rings. The minimum atomic E-state index is -0.0236. The molecule has 4 rings (SSSR count). The van der Waals surface area contributed by atoms with Crippen molar-refractivity contribution in [2.24, 2.45) is 0 Å². The number of nitrogens with zero attached hydrogens (tertiary/aromatic N) is 1. The van der Waals surface area contributed by atoms with Gasteiger partial charge in [-0.05, 0) is 24.0 Å². The quantitative estimate of drug-likeness (QED) is 0.303. The molecule has 0 spiro atoms. The summed E-state index contributed by atoms with van der Waals surface area (Å²) in [5, 5.41) is 3.87. The van der Waals surface area contributed by atoms with Gasteiger partial charge in [0.25, 0.3) is 0 Å². The number of hydrogen-bond acceptors (Lipinski definition) is 3. The molecule has 0 aliphatic rings. The fourth-order valence-electron chi connectivity index (χ4n) is 3.75. The predicted molar refractivity (Wildman–Crippen MR) is 134 cm³/mol. The average molecular weight is 442 g/mol. The molecule has 1 amide bonds. The van der Waals surface area contributed by atoms with Crippen LogP contribution in [0.15, 0.2) is 84.0 Å². The molecule has 0 fully saturated rings. The number of amides is 1. The van der Waals surface area contributed by atoms with Gasteiger partial charge in [0.15, 0.2) is 5.16 Å². The molecule has 0 bridgehead atoms. The number of hydrogen-bond donors (Lipinski definition) is 2. The molecule has 0 saturated carbocycles. The molecule has 1 aromatic heterocycles. The Balaban J connectivity index is 1.54. The Morgan fingerprint density at radius 2 is 1.44 bits per heavy atom. The molecule has 0 atom stereocenters. The lowest BCUT2D eigenvalue weighted by Crippen LogP contribution is -2.16. The van der Waals surface area contributed by atoms with Crippen LogP contribution in [0.4, 0.5) is 5.69 Å². The SMILES string of the molecule is CCc1cccc(CC)c1NC(=O)CSc1nc(-c2ccccc2)c(-c2ccccc2)[nH]1. The number of para-hydroxylation sites is 1. The number of H-pyrrole nitrogens is 1. The van der Waals surface area contributed by atoms with E-state index in [4.69, 9.17) is 4.98 Å². The van der Waals surface area contributed by atoms with E-state index in [1.807, 2.05) is 36.4 Å². The van der Waals surface area contributed by atoms with Gasteiger partial charge in [-0.3, -0.25) is 4.79 Å². The van der Waals surface area contributed by atoms with Gasteiger partial charge in [-0.25, -0.2) is 4.98 Å². The third-order valence-electron chi connectivity index (χ3n) is 5.40. The summed E-state index contributed by atoms with van der Waals surface area (Å²) >= 11 is 1.42. The Morgan fingerprint density at radius 3 is 2.03 bits per heavy atom. The molecule has 162 valence electrons. The fraction of sp³-hybridized carbons (Fsp3) is 0.185. The number of carbonyl (C=O) groups excluding carboxylic acids is 1. The second kappa shape index (κ2) is 10.3. The van der Waals surface area contributed by atoms with Gasteiger partial charge in [-0.15, -0.1) is 0 Å². The van der Waals surface area contributed by atoms with E-state index < -0.39 is 0 Å². The maximum absolute atomic E-state index is 12.8. The Morgan fingerprint density at radius 1 is 0.844 bits per heavy atom. The molecule has 32 heavy (non-hydrogen) atoms. The first-order valence-corrected chi connectivity index (χ1v) is 11.9. The summed E-state index contributed by atoms with van der Waals surface area (Å²) < 4.78 is 0. The Bertz CT molecular complexity index is 1110. The van der Waals surface area contributed by atoms with Crippen molar-refractivity contribution < 1.29 is 4.79 Å². The highest BCUT2D eigenvalue weighted by Gasteiger charge is 2.16. The van der Waals surface area contributed by atoms with Crippen LogP contribution in [0.1, 0.15) is 25.0 Å². The monoisotopic (exact) mass is 441 g/mol. The number of carbonyl (C=O) groups is 1. The van der Waals surface area contributed by atoms with Gasteiger partial charge < -0.3 is 10.3 Å². The van der Waals surface area contributed by atoms with Crippen LogP contribution in [0.2, 0.25) is 0 Å². The minimum Gasteiger partial charge on any atom is -0.332 e. The average Bonchev–Trinajstić information content (AvgIpc) is 3.28. The van der Waals surface area contributed by atoms with Crippen molar-refractivity contribution in [3.8, 4) is 22.5 Å². The van der Waals surface area contributed by atoms with E-state index in [9.17, 15) is 4.79 Å². The van der Waals surface area contributed by atoms with Crippen molar-refractivity contribution >= 4 is 23.4 Å². The van der Waals surface area contributed by atoms with Crippen molar-refractivity contribution in [2.45, 2.75) is 31.8 Å². The van der Waals surface area contributed by atoms with Crippen LogP contribution in [-0.2, 0) is 17.6 Å². The first kappa shape index (κ1) is 21.9. The molecule has 4 nitrogen and oxygen atoms in total. The number of imidazole rings is 1. The van der Waals surface area contributed by atoms with E-state index in [1.165, 1.54) is 22.9 Å². The number of benzene rings is 3. The van der Waals surface area contributed by atoms with E-state index in [1.54, 1.807) is 0 Å². The van der Waals surface area contributed by atoms with Gasteiger partial charge in [0.1, 0.15) is 0 Å². The van der Waals surface area contributed by atoms with Crippen LogP contribution in [0.5, 0.6) is 0 Å². The van der Waals surface area contributed by atoms with Crippen LogP contribution in [-0.4, -0.2) is 21.6 Å². The van der Waals surface area contributed by atoms with Gasteiger partial charge in [-0.1, -0.05) is 104 Å². The molecule has 0 aliphatic heterocycles. The topological polar surface area (TPSA) is 57.8 Å². The molecule has 0 radical (unpaired) electrons. The number of aryl methyl sites for hydroxylation is 2. The maximum atomic E-state index is 12.8. The molecule has 0 unspecified atom stereocenters. The molecule has 0 saturated heterocycles. The third kappa shape index (κ3) is 4.94. The number of rotatable bonds is 8. The van der Waals surface area contributed by atoms with Crippen molar-refractivity contribution in [1.29, 1.82) is 0 Å². The van der Waals surface area contributed by atoms with E-state index in [2.05, 4.69) is 66.6 Å². The molecular weight excluding hydrogens is 414 g/mol. The van der Waals surface area contributed by atoms with Gasteiger partial charge in [0, 0.05) is 16.8 Å².